The summed E-state index contributed by atoms with van der Waals surface area (Å²) in [5.74, 6) is 0.777. The summed E-state index contributed by atoms with van der Waals surface area (Å²) in [4.78, 5) is 16.8. The molecule has 0 saturated carbocycles. The Morgan fingerprint density at radius 1 is 1.14 bits per heavy atom. The fourth-order valence-corrected chi connectivity index (χ4v) is 3.34. The van der Waals surface area contributed by atoms with Crippen LogP contribution < -0.4 is 10.1 Å². The highest BCUT2D eigenvalue weighted by atomic mass is 16.5. The van der Waals surface area contributed by atoms with Crippen molar-refractivity contribution in [3.63, 3.8) is 0 Å². The minimum atomic E-state index is -0.175. The fourth-order valence-electron chi connectivity index (χ4n) is 3.34. The number of hydrogen-bond acceptors (Lipinski definition) is 6. The van der Waals surface area contributed by atoms with Crippen molar-refractivity contribution in [1.82, 2.24) is 30.1 Å². The molecular formula is C20H30N6O2. The Kier molecular flexibility index (Phi) is 7.00. The first-order valence-corrected chi connectivity index (χ1v) is 9.82. The summed E-state index contributed by atoms with van der Waals surface area (Å²) >= 11 is 0. The first kappa shape index (κ1) is 20.3. The second-order valence-electron chi connectivity index (χ2n) is 7.42. The number of piperazine rings is 1. The average molecular weight is 387 g/mol. The van der Waals surface area contributed by atoms with Crippen molar-refractivity contribution in [1.29, 1.82) is 0 Å². The molecule has 1 aliphatic heterocycles. The Morgan fingerprint density at radius 3 is 2.57 bits per heavy atom. The summed E-state index contributed by atoms with van der Waals surface area (Å²) < 4.78 is 7.20. The second kappa shape index (κ2) is 9.66. The minimum Gasteiger partial charge on any atom is -0.496 e. The van der Waals surface area contributed by atoms with Gasteiger partial charge in [-0.05, 0) is 19.9 Å². The molecule has 8 nitrogen and oxygen atoms in total. The van der Waals surface area contributed by atoms with Gasteiger partial charge in [0, 0.05) is 50.9 Å². The number of benzene rings is 1. The molecule has 28 heavy (non-hydrogen) atoms. The maximum absolute atomic E-state index is 12.0. The largest absolute Gasteiger partial charge is 0.496 e. The first-order chi connectivity index (χ1) is 13.5. The van der Waals surface area contributed by atoms with Gasteiger partial charge in [0.05, 0.1) is 19.9 Å². The highest BCUT2D eigenvalue weighted by molar-refractivity contribution is 5.91. The lowest BCUT2D eigenvalue weighted by Gasteiger charge is -2.34. The average Bonchev–Trinajstić information content (AvgIpc) is 3.17. The van der Waals surface area contributed by atoms with Crippen molar-refractivity contribution in [2.75, 3.05) is 39.8 Å². The number of aromatic nitrogens is 3. The highest BCUT2D eigenvalue weighted by Gasteiger charge is 2.18. The number of methoxy groups -OCH3 is 1. The molecule has 3 rings (SSSR count). The number of rotatable bonds is 8. The smallest absolute Gasteiger partial charge is 0.273 e. The Balaban J connectivity index is 1.42. The summed E-state index contributed by atoms with van der Waals surface area (Å²) in [5.41, 5.74) is 1.60. The van der Waals surface area contributed by atoms with Crippen LogP contribution in [0.25, 0.3) is 0 Å². The maximum Gasteiger partial charge on any atom is 0.273 e. The van der Waals surface area contributed by atoms with Crippen molar-refractivity contribution in [3.8, 4) is 5.75 Å². The molecule has 152 valence electrons. The van der Waals surface area contributed by atoms with Crippen LogP contribution in [-0.2, 0) is 13.1 Å². The Bertz CT molecular complexity index is 768. The van der Waals surface area contributed by atoms with E-state index in [1.165, 1.54) is 5.56 Å². The number of hydrogen-bond donors (Lipinski definition) is 1. The third-order valence-electron chi connectivity index (χ3n) is 4.89. The van der Waals surface area contributed by atoms with E-state index in [1.807, 2.05) is 26.0 Å². The van der Waals surface area contributed by atoms with Gasteiger partial charge >= 0.3 is 0 Å². The van der Waals surface area contributed by atoms with Crippen molar-refractivity contribution >= 4 is 5.91 Å². The topological polar surface area (TPSA) is 75.5 Å². The zero-order chi connectivity index (χ0) is 19.9. The van der Waals surface area contributed by atoms with Crippen molar-refractivity contribution in [2.45, 2.75) is 33.0 Å². The van der Waals surface area contributed by atoms with Crippen LogP contribution in [0.4, 0.5) is 0 Å². The van der Waals surface area contributed by atoms with Crippen LogP contribution in [0.15, 0.2) is 30.5 Å². The molecule has 2 aromatic rings. The van der Waals surface area contributed by atoms with E-state index in [0.29, 0.717) is 5.69 Å². The Labute approximate surface area is 166 Å². The lowest BCUT2D eigenvalue weighted by molar-refractivity contribution is 0.0938. The summed E-state index contributed by atoms with van der Waals surface area (Å²) in [6.45, 7) is 10.5. The van der Waals surface area contributed by atoms with Gasteiger partial charge in [-0.15, -0.1) is 5.10 Å². The number of nitrogens with zero attached hydrogens (tertiary/aromatic N) is 5. The van der Waals surface area contributed by atoms with Crippen LogP contribution >= 0.6 is 0 Å². The summed E-state index contributed by atoms with van der Waals surface area (Å²) in [7, 11) is 1.72. The predicted octanol–water partition coefficient (Wildman–Crippen LogP) is 1.24. The molecule has 0 bridgehead atoms. The van der Waals surface area contributed by atoms with Gasteiger partial charge in [-0.3, -0.25) is 19.3 Å². The van der Waals surface area contributed by atoms with E-state index in [0.717, 1.165) is 51.6 Å². The van der Waals surface area contributed by atoms with Gasteiger partial charge in [0.25, 0.3) is 5.91 Å². The monoisotopic (exact) mass is 386 g/mol. The van der Waals surface area contributed by atoms with Crippen LogP contribution in [0.2, 0.25) is 0 Å². The van der Waals surface area contributed by atoms with Crippen LogP contribution in [0.1, 0.15) is 29.9 Å². The van der Waals surface area contributed by atoms with E-state index in [2.05, 4.69) is 37.6 Å². The molecule has 2 heterocycles. The van der Waals surface area contributed by atoms with E-state index in [-0.39, 0.29) is 11.9 Å². The molecule has 0 radical (unpaired) electrons. The summed E-state index contributed by atoms with van der Waals surface area (Å²) in [5, 5.41) is 10.9. The summed E-state index contributed by atoms with van der Waals surface area (Å²) in [6, 6.07) is 8.29. The van der Waals surface area contributed by atoms with Crippen LogP contribution in [0.3, 0.4) is 0 Å². The van der Waals surface area contributed by atoms with E-state index < -0.39 is 0 Å². The number of para-hydroxylation sites is 1. The van der Waals surface area contributed by atoms with Gasteiger partial charge < -0.3 is 10.1 Å². The molecule has 1 N–H and O–H groups in total. The van der Waals surface area contributed by atoms with Crippen molar-refractivity contribution in [3.05, 3.63) is 41.7 Å². The van der Waals surface area contributed by atoms with Crippen LogP contribution in [0, 0.1) is 0 Å². The first-order valence-electron chi connectivity index (χ1n) is 9.82. The number of nitrogens with one attached hydrogen (secondary N) is 1. The van der Waals surface area contributed by atoms with Gasteiger partial charge in [0.1, 0.15) is 5.75 Å². The number of amides is 1. The molecule has 1 aromatic heterocycles. The third kappa shape index (κ3) is 5.53. The van der Waals surface area contributed by atoms with E-state index in [9.17, 15) is 4.79 Å². The normalized spacial score (nSPS) is 15.7. The molecule has 8 heteroatoms. The maximum atomic E-state index is 12.0. The molecule has 0 aliphatic carbocycles. The number of ether oxygens (including phenoxy) is 1. The van der Waals surface area contributed by atoms with Gasteiger partial charge in [0.2, 0.25) is 0 Å². The van der Waals surface area contributed by atoms with Crippen molar-refractivity contribution < 1.29 is 9.53 Å². The lowest BCUT2D eigenvalue weighted by Crippen LogP contribution is -2.46. The SMILES string of the molecule is COc1ccccc1CN1CCN(CCn2cc(C(=O)NC(C)C)nn2)CC1. The number of carbonyl (C=O) groups excluding carboxylic acids is 1. The standard InChI is InChI=1S/C20H30N6O2/c1-16(2)21-20(27)18-15-26(23-22-18)13-12-24-8-10-25(11-9-24)14-17-6-4-5-7-19(17)28-3/h4-7,15-16H,8-14H2,1-3H3,(H,21,27). The van der Waals surface area contributed by atoms with Gasteiger partial charge in [-0.2, -0.15) is 0 Å². The third-order valence-corrected chi connectivity index (χ3v) is 4.89. The molecule has 0 atom stereocenters. The zero-order valence-electron chi connectivity index (χ0n) is 17.0. The quantitative estimate of drug-likeness (QED) is 0.736. The minimum absolute atomic E-state index is 0.0878. The lowest BCUT2D eigenvalue weighted by atomic mass is 10.1. The second-order valence-corrected chi connectivity index (χ2v) is 7.42. The predicted molar refractivity (Wildman–Crippen MR) is 107 cm³/mol. The Hall–Kier alpha value is -2.45. The molecule has 1 aliphatic rings. The van der Waals surface area contributed by atoms with E-state index in [1.54, 1.807) is 18.0 Å². The summed E-state index contributed by atoms with van der Waals surface area (Å²) in [6.07, 6.45) is 1.72. The Morgan fingerprint density at radius 2 is 1.86 bits per heavy atom. The fraction of sp³-hybridized carbons (Fsp3) is 0.550. The van der Waals surface area contributed by atoms with Gasteiger partial charge in [0.15, 0.2) is 5.69 Å². The molecule has 1 fully saturated rings. The molecule has 1 aromatic carbocycles. The van der Waals surface area contributed by atoms with E-state index in [4.69, 9.17) is 4.74 Å². The molecule has 0 spiro atoms. The van der Waals surface area contributed by atoms with Crippen LogP contribution in [0.5, 0.6) is 5.75 Å². The molecule has 1 saturated heterocycles. The molecule has 0 unspecified atom stereocenters. The number of carbonyl (C=O) groups is 1. The molecule has 1 amide bonds. The zero-order valence-corrected chi connectivity index (χ0v) is 17.0. The van der Waals surface area contributed by atoms with Crippen molar-refractivity contribution in [2.24, 2.45) is 0 Å². The van der Waals surface area contributed by atoms with Crippen LogP contribution in [-0.4, -0.2) is 76.6 Å². The molecular weight excluding hydrogens is 356 g/mol. The highest BCUT2D eigenvalue weighted by Crippen LogP contribution is 2.19. The van der Waals surface area contributed by atoms with Gasteiger partial charge in [-0.25, -0.2) is 0 Å². The van der Waals surface area contributed by atoms with Gasteiger partial charge in [-0.1, -0.05) is 23.4 Å². The van der Waals surface area contributed by atoms with E-state index >= 15 is 0 Å².